The lowest BCUT2D eigenvalue weighted by Crippen LogP contribution is -2.45. The van der Waals surface area contributed by atoms with Gasteiger partial charge in [0.25, 0.3) is 5.91 Å². The first kappa shape index (κ1) is 16.5. The van der Waals surface area contributed by atoms with Gasteiger partial charge in [0, 0.05) is 22.8 Å². The molecule has 1 aliphatic rings. The van der Waals surface area contributed by atoms with E-state index in [1.165, 1.54) is 16.2 Å². The van der Waals surface area contributed by atoms with Crippen molar-refractivity contribution in [2.75, 3.05) is 19.7 Å². The number of piperidine rings is 1. The van der Waals surface area contributed by atoms with Gasteiger partial charge in [0.2, 0.25) is 5.91 Å². The maximum atomic E-state index is 12.1. The van der Waals surface area contributed by atoms with Crippen molar-refractivity contribution in [2.24, 2.45) is 11.7 Å². The fraction of sp³-hybridized carbons (Fsp3) is 0.533. The smallest absolute Gasteiger partial charge is 0.339 e. The van der Waals surface area contributed by atoms with Crippen LogP contribution in [0.1, 0.15) is 33.0 Å². The molecule has 1 saturated heterocycles. The number of likely N-dealkylation sites (tertiary alicyclic amines) is 1. The van der Waals surface area contributed by atoms with E-state index < -0.39 is 5.97 Å². The van der Waals surface area contributed by atoms with Crippen LogP contribution in [0.4, 0.5) is 0 Å². The van der Waals surface area contributed by atoms with Gasteiger partial charge in [0.1, 0.15) is 0 Å². The lowest BCUT2D eigenvalue weighted by Gasteiger charge is -2.31. The third kappa shape index (κ3) is 3.85. The molecule has 6 nitrogen and oxygen atoms in total. The van der Waals surface area contributed by atoms with Gasteiger partial charge < -0.3 is 15.4 Å². The molecule has 2 heterocycles. The Morgan fingerprint density at radius 1 is 1.41 bits per heavy atom. The van der Waals surface area contributed by atoms with Gasteiger partial charge >= 0.3 is 5.97 Å². The number of hydrogen-bond acceptors (Lipinski definition) is 5. The van der Waals surface area contributed by atoms with Crippen LogP contribution in [-0.4, -0.2) is 42.4 Å². The van der Waals surface area contributed by atoms with Crippen LogP contribution in [0.25, 0.3) is 0 Å². The quantitative estimate of drug-likeness (QED) is 0.844. The van der Waals surface area contributed by atoms with Gasteiger partial charge in [-0.2, -0.15) is 0 Å². The molecule has 120 valence electrons. The van der Waals surface area contributed by atoms with E-state index in [1.54, 1.807) is 6.07 Å². The Labute approximate surface area is 133 Å². The zero-order chi connectivity index (χ0) is 16.3. The number of carbonyl (C=O) groups is 3. The number of nitrogens with zero attached hydrogens (tertiary/aromatic N) is 1. The molecule has 0 radical (unpaired) electrons. The van der Waals surface area contributed by atoms with E-state index in [4.69, 9.17) is 10.5 Å². The summed E-state index contributed by atoms with van der Waals surface area (Å²) in [6, 6.07) is 1.76. The topological polar surface area (TPSA) is 89.7 Å². The molecule has 0 saturated carbocycles. The highest BCUT2D eigenvalue weighted by Gasteiger charge is 2.27. The number of carbonyl (C=O) groups excluding carboxylic acids is 3. The van der Waals surface area contributed by atoms with Gasteiger partial charge in [-0.3, -0.25) is 9.59 Å². The normalized spacial score (nSPS) is 18.1. The lowest BCUT2D eigenvalue weighted by molar-refractivity contribution is -0.137. The second kappa shape index (κ2) is 6.91. The minimum Gasteiger partial charge on any atom is -0.452 e. The van der Waals surface area contributed by atoms with Crippen molar-refractivity contribution < 1.29 is 19.1 Å². The molecule has 0 bridgehead atoms. The van der Waals surface area contributed by atoms with Crippen molar-refractivity contribution in [3.05, 3.63) is 21.4 Å². The summed E-state index contributed by atoms with van der Waals surface area (Å²) in [5.41, 5.74) is 5.79. The van der Waals surface area contributed by atoms with Gasteiger partial charge in [-0.05, 0) is 32.8 Å². The number of amides is 2. The minimum absolute atomic E-state index is 0.288. The Kier molecular flexibility index (Phi) is 5.18. The molecule has 1 aromatic heterocycles. The average Bonchev–Trinajstić information content (AvgIpc) is 2.83. The largest absolute Gasteiger partial charge is 0.452 e. The SMILES string of the molecule is Cc1cc(C(=O)OCC(=O)N2CCC[C@H](C(N)=O)C2)c(C)s1. The zero-order valence-corrected chi connectivity index (χ0v) is 13.6. The van der Waals surface area contributed by atoms with Crippen molar-refractivity contribution in [1.82, 2.24) is 4.90 Å². The molecule has 1 aromatic rings. The highest BCUT2D eigenvalue weighted by atomic mass is 32.1. The lowest BCUT2D eigenvalue weighted by atomic mass is 9.97. The Morgan fingerprint density at radius 3 is 2.73 bits per heavy atom. The number of aryl methyl sites for hydroxylation is 2. The summed E-state index contributed by atoms with van der Waals surface area (Å²) >= 11 is 1.52. The average molecular weight is 324 g/mol. The Hall–Kier alpha value is -1.89. The van der Waals surface area contributed by atoms with Crippen LogP contribution in [0, 0.1) is 19.8 Å². The van der Waals surface area contributed by atoms with Crippen LogP contribution >= 0.6 is 11.3 Å². The molecule has 0 spiro atoms. The van der Waals surface area contributed by atoms with Crippen molar-refractivity contribution in [3.63, 3.8) is 0 Å². The number of esters is 1. The first-order valence-electron chi connectivity index (χ1n) is 7.19. The molecule has 1 atom stereocenters. The summed E-state index contributed by atoms with van der Waals surface area (Å²) in [5.74, 6) is -1.48. The van der Waals surface area contributed by atoms with E-state index in [-0.39, 0.29) is 24.3 Å². The molecule has 0 aliphatic carbocycles. The second-order valence-corrected chi connectivity index (χ2v) is 6.94. The molecule has 7 heteroatoms. The van der Waals surface area contributed by atoms with E-state index in [2.05, 4.69) is 0 Å². The zero-order valence-electron chi connectivity index (χ0n) is 12.8. The van der Waals surface area contributed by atoms with Crippen LogP contribution in [0.5, 0.6) is 0 Å². The molecule has 1 aliphatic heterocycles. The van der Waals surface area contributed by atoms with Crippen molar-refractivity contribution >= 4 is 29.1 Å². The van der Waals surface area contributed by atoms with Crippen molar-refractivity contribution in [2.45, 2.75) is 26.7 Å². The predicted octanol–water partition coefficient (Wildman–Crippen LogP) is 1.25. The van der Waals surface area contributed by atoms with Crippen LogP contribution < -0.4 is 5.73 Å². The number of nitrogens with two attached hydrogens (primary N) is 1. The maximum Gasteiger partial charge on any atom is 0.339 e. The van der Waals surface area contributed by atoms with Crippen molar-refractivity contribution in [3.8, 4) is 0 Å². The van der Waals surface area contributed by atoms with Crippen LogP contribution in [0.15, 0.2) is 6.07 Å². The van der Waals surface area contributed by atoms with E-state index in [1.807, 2.05) is 13.8 Å². The van der Waals surface area contributed by atoms with Crippen LogP contribution in [-0.2, 0) is 14.3 Å². The third-order valence-corrected chi connectivity index (χ3v) is 4.73. The molecule has 1 fully saturated rings. The predicted molar refractivity (Wildman–Crippen MR) is 82.6 cm³/mol. The minimum atomic E-state index is -0.487. The number of rotatable bonds is 4. The van der Waals surface area contributed by atoms with Gasteiger partial charge in [0.05, 0.1) is 11.5 Å². The molecule has 22 heavy (non-hydrogen) atoms. The van der Waals surface area contributed by atoms with Gasteiger partial charge in [-0.1, -0.05) is 0 Å². The number of hydrogen-bond donors (Lipinski definition) is 1. The van der Waals surface area contributed by atoms with Crippen LogP contribution in [0.2, 0.25) is 0 Å². The molecular weight excluding hydrogens is 304 g/mol. The van der Waals surface area contributed by atoms with E-state index in [9.17, 15) is 14.4 Å². The molecular formula is C15H20N2O4S. The molecule has 2 N–H and O–H groups in total. The van der Waals surface area contributed by atoms with Gasteiger partial charge in [0.15, 0.2) is 6.61 Å². The standard InChI is InChI=1S/C15H20N2O4S/c1-9-6-12(10(2)22-9)15(20)21-8-13(18)17-5-3-4-11(7-17)14(16)19/h6,11H,3-5,7-8H2,1-2H3,(H2,16,19)/t11-/m0/s1. The Bertz CT molecular complexity index is 596. The van der Waals surface area contributed by atoms with Crippen molar-refractivity contribution in [1.29, 1.82) is 0 Å². The monoisotopic (exact) mass is 324 g/mol. The number of ether oxygens (including phenoxy) is 1. The second-order valence-electron chi connectivity index (χ2n) is 5.48. The summed E-state index contributed by atoms with van der Waals surface area (Å²) in [5, 5.41) is 0. The summed E-state index contributed by atoms with van der Waals surface area (Å²) in [6.45, 7) is 4.33. The maximum absolute atomic E-state index is 12.1. The first-order chi connectivity index (χ1) is 10.4. The highest BCUT2D eigenvalue weighted by molar-refractivity contribution is 7.12. The summed E-state index contributed by atoms with van der Waals surface area (Å²) < 4.78 is 5.09. The summed E-state index contributed by atoms with van der Waals surface area (Å²) in [4.78, 5) is 38.7. The first-order valence-corrected chi connectivity index (χ1v) is 8.01. The molecule has 0 aromatic carbocycles. The number of thiophene rings is 1. The molecule has 0 unspecified atom stereocenters. The fourth-order valence-corrected chi connectivity index (χ4v) is 3.48. The molecule has 2 rings (SSSR count). The van der Waals surface area contributed by atoms with E-state index in [0.717, 1.165) is 16.2 Å². The fourth-order valence-electron chi connectivity index (χ4n) is 2.57. The van der Waals surface area contributed by atoms with Gasteiger partial charge in [-0.15, -0.1) is 11.3 Å². The van der Waals surface area contributed by atoms with E-state index >= 15 is 0 Å². The summed E-state index contributed by atoms with van der Waals surface area (Å²) in [6.07, 6.45) is 1.43. The van der Waals surface area contributed by atoms with Gasteiger partial charge in [-0.25, -0.2) is 4.79 Å². The number of primary amides is 1. The summed E-state index contributed by atoms with van der Waals surface area (Å²) in [7, 11) is 0. The van der Waals surface area contributed by atoms with Crippen LogP contribution in [0.3, 0.4) is 0 Å². The third-order valence-electron chi connectivity index (χ3n) is 3.76. The highest BCUT2D eigenvalue weighted by Crippen LogP contribution is 2.21. The Balaban J connectivity index is 1.88. The Morgan fingerprint density at radius 2 is 2.14 bits per heavy atom. The van der Waals surface area contributed by atoms with E-state index in [0.29, 0.717) is 25.1 Å². The molecule has 2 amide bonds.